The summed E-state index contributed by atoms with van der Waals surface area (Å²) in [7, 11) is 3.48. The number of carboxylic acid groups (broad SMARTS) is 1. The van der Waals surface area contributed by atoms with Gasteiger partial charge in [-0.25, -0.2) is 4.79 Å². The fourth-order valence-electron chi connectivity index (χ4n) is 1.66. The molecule has 1 heterocycles. The van der Waals surface area contributed by atoms with Gasteiger partial charge in [-0.15, -0.1) is 0 Å². The first kappa shape index (κ1) is 12.9. The van der Waals surface area contributed by atoms with Crippen LogP contribution in [0.3, 0.4) is 0 Å². The Labute approximate surface area is 110 Å². The lowest BCUT2D eigenvalue weighted by atomic mass is 10.2. The van der Waals surface area contributed by atoms with Gasteiger partial charge in [0.2, 0.25) is 0 Å². The molecule has 0 aliphatic heterocycles. The second-order valence-corrected chi connectivity index (χ2v) is 4.04. The summed E-state index contributed by atoms with van der Waals surface area (Å²) in [5, 5.41) is 12.2. The Hall–Kier alpha value is -2.50. The number of aromatic carboxylic acids is 1. The molecule has 0 aliphatic carbocycles. The third kappa shape index (κ3) is 3.04. The summed E-state index contributed by atoms with van der Waals surface area (Å²) in [6, 6.07) is 8.96. The van der Waals surface area contributed by atoms with Crippen molar-refractivity contribution in [1.29, 1.82) is 0 Å². The molecule has 1 aromatic heterocycles. The zero-order chi connectivity index (χ0) is 13.8. The van der Waals surface area contributed by atoms with E-state index in [1.807, 2.05) is 36.2 Å². The van der Waals surface area contributed by atoms with Crippen molar-refractivity contribution in [2.45, 2.75) is 6.54 Å². The Bertz CT molecular complexity index is 580. The molecule has 0 unspecified atom stereocenters. The van der Waals surface area contributed by atoms with Gasteiger partial charge in [0.05, 0.1) is 13.7 Å². The number of hydrogen-bond acceptors (Lipinski definition) is 5. The third-order valence-electron chi connectivity index (χ3n) is 2.67. The minimum Gasteiger partial charge on any atom is -0.497 e. The van der Waals surface area contributed by atoms with Crippen LogP contribution in [0.4, 0.5) is 5.69 Å². The Kier molecular flexibility index (Phi) is 3.70. The molecule has 0 atom stereocenters. The van der Waals surface area contributed by atoms with E-state index in [-0.39, 0.29) is 5.69 Å². The highest BCUT2D eigenvalue weighted by molar-refractivity contribution is 5.85. The van der Waals surface area contributed by atoms with Crippen LogP contribution in [0.2, 0.25) is 0 Å². The van der Waals surface area contributed by atoms with E-state index in [4.69, 9.17) is 14.4 Å². The molecule has 6 heteroatoms. The second-order valence-electron chi connectivity index (χ2n) is 4.04. The molecule has 6 nitrogen and oxygen atoms in total. The predicted octanol–water partition coefficient (Wildman–Crippen LogP) is 2.02. The van der Waals surface area contributed by atoms with Crippen molar-refractivity contribution in [3.8, 4) is 5.75 Å². The first-order valence-electron chi connectivity index (χ1n) is 5.64. The van der Waals surface area contributed by atoms with Crippen LogP contribution >= 0.6 is 0 Å². The Morgan fingerprint density at radius 1 is 1.47 bits per heavy atom. The highest BCUT2D eigenvalue weighted by Gasteiger charge is 2.12. The summed E-state index contributed by atoms with van der Waals surface area (Å²) >= 11 is 0. The molecular formula is C13H14N2O4. The quantitative estimate of drug-likeness (QED) is 0.888. The van der Waals surface area contributed by atoms with E-state index < -0.39 is 5.97 Å². The molecule has 0 bridgehead atoms. The van der Waals surface area contributed by atoms with Crippen molar-refractivity contribution >= 4 is 11.7 Å². The van der Waals surface area contributed by atoms with Crippen molar-refractivity contribution in [2.24, 2.45) is 0 Å². The topological polar surface area (TPSA) is 75.8 Å². The van der Waals surface area contributed by atoms with Gasteiger partial charge in [-0.3, -0.25) is 0 Å². The first-order chi connectivity index (χ1) is 9.10. The molecule has 1 N–H and O–H groups in total. The fraction of sp³-hybridized carbons (Fsp3) is 0.231. The van der Waals surface area contributed by atoms with Crippen LogP contribution in [0.5, 0.6) is 5.75 Å². The minimum absolute atomic E-state index is 0.0888. The number of hydrogen-bond donors (Lipinski definition) is 1. The van der Waals surface area contributed by atoms with E-state index in [0.29, 0.717) is 12.3 Å². The van der Waals surface area contributed by atoms with Gasteiger partial charge in [0.1, 0.15) is 5.75 Å². The number of ether oxygens (including phenoxy) is 1. The lowest BCUT2D eigenvalue weighted by Crippen LogP contribution is -2.15. The zero-order valence-electron chi connectivity index (χ0n) is 10.7. The van der Waals surface area contributed by atoms with E-state index in [2.05, 4.69) is 5.16 Å². The van der Waals surface area contributed by atoms with Gasteiger partial charge >= 0.3 is 5.97 Å². The average Bonchev–Trinajstić information content (AvgIpc) is 2.87. The summed E-state index contributed by atoms with van der Waals surface area (Å²) in [6.07, 6.45) is 0. The van der Waals surface area contributed by atoms with Crippen LogP contribution in [0.1, 0.15) is 16.2 Å². The molecule has 0 aliphatic rings. The minimum atomic E-state index is -1.10. The number of aromatic nitrogens is 1. The molecular weight excluding hydrogens is 248 g/mol. The second kappa shape index (κ2) is 5.43. The van der Waals surface area contributed by atoms with E-state index >= 15 is 0 Å². The highest BCUT2D eigenvalue weighted by Crippen LogP contribution is 2.21. The molecule has 0 radical (unpaired) electrons. The zero-order valence-corrected chi connectivity index (χ0v) is 10.7. The standard InChI is InChI=1S/C13H14N2O4/c1-15(9-4-3-5-10(6-9)18-2)8-11-7-12(13(16)17)14-19-11/h3-7H,8H2,1-2H3,(H,16,17). The van der Waals surface area contributed by atoms with E-state index in [9.17, 15) is 4.79 Å². The average molecular weight is 262 g/mol. The highest BCUT2D eigenvalue weighted by atomic mass is 16.5. The number of benzene rings is 1. The molecule has 0 spiro atoms. The maximum Gasteiger partial charge on any atom is 0.358 e. The Morgan fingerprint density at radius 2 is 2.26 bits per heavy atom. The lowest BCUT2D eigenvalue weighted by molar-refractivity contribution is 0.0685. The summed E-state index contributed by atoms with van der Waals surface area (Å²) in [6.45, 7) is 0.424. The normalized spacial score (nSPS) is 10.2. The SMILES string of the molecule is COc1cccc(N(C)Cc2cc(C(=O)O)no2)c1. The molecule has 0 amide bonds. The molecule has 100 valence electrons. The largest absolute Gasteiger partial charge is 0.497 e. The number of methoxy groups -OCH3 is 1. The lowest BCUT2D eigenvalue weighted by Gasteiger charge is -2.17. The van der Waals surface area contributed by atoms with Crippen molar-refractivity contribution in [3.63, 3.8) is 0 Å². The van der Waals surface area contributed by atoms with Crippen LogP contribution in [0, 0.1) is 0 Å². The molecule has 0 saturated heterocycles. The number of anilines is 1. The number of nitrogens with zero attached hydrogens (tertiary/aromatic N) is 2. The van der Waals surface area contributed by atoms with Crippen molar-refractivity contribution in [2.75, 3.05) is 19.1 Å². The van der Waals surface area contributed by atoms with Gasteiger partial charge in [-0.05, 0) is 12.1 Å². The van der Waals surface area contributed by atoms with Crippen LogP contribution < -0.4 is 9.64 Å². The van der Waals surface area contributed by atoms with Gasteiger partial charge in [-0.2, -0.15) is 0 Å². The van der Waals surface area contributed by atoms with Gasteiger partial charge in [0.15, 0.2) is 11.5 Å². The molecule has 2 rings (SSSR count). The van der Waals surface area contributed by atoms with Crippen molar-refractivity contribution in [3.05, 3.63) is 41.8 Å². The van der Waals surface area contributed by atoms with Crippen LogP contribution in [-0.4, -0.2) is 30.4 Å². The monoisotopic (exact) mass is 262 g/mol. The first-order valence-corrected chi connectivity index (χ1v) is 5.64. The fourth-order valence-corrected chi connectivity index (χ4v) is 1.66. The maximum atomic E-state index is 10.7. The Morgan fingerprint density at radius 3 is 2.89 bits per heavy atom. The van der Waals surface area contributed by atoms with Gasteiger partial charge < -0.3 is 19.3 Å². The van der Waals surface area contributed by atoms with Gasteiger partial charge in [0, 0.05) is 24.9 Å². The van der Waals surface area contributed by atoms with E-state index in [1.165, 1.54) is 6.07 Å². The van der Waals surface area contributed by atoms with Crippen LogP contribution in [0.15, 0.2) is 34.9 Å². The summed E-state index contributed by atoms with van der Waals surface area (Å²) in [5.41, 5.74) is 0.849. The van der Waals surface area contributed by atoms with Crippen LogP contribution in [0.25, 0.3) is 0 Å². The molecule has 1 aromatic carbocycles. The van der Waals surface area contributed by atoms with Crippen molar-refractivity contribution in [1.82, 2.24) is 5.16 Å². The third-order valence-corrected chi connectivity index (χ3v) is 2.67. The molecule has 19 heavy (non-hydrogen) atoms. The molecule has 2 aromatic rings. The number of carboxylic acids is 1. The summed E-state index contributed by atoms with van der Waals surface area (Å²) in [5.74, 6) is 0.148. The van der Waals surface area contributed by atoms with E-state index in [0.717, 1.165) is 11.4 Å². The number of carbonyl (C=O) groups is 1. The van der Waals surface area contributed by atoms with Crippen molar-refractivity contribution < 1.29 is 19.2 Å². The Balaban J connectivity index is 2.10. The molecule has 0 saturated carbocycles. The summed E-state index contributed by atoms with van der Waals surface area (Å²) < 4.78 is 10.1. The smallest absolute Gasteiger partial charge is 0.358 e. The maximum absolute atomic E-state index is 10.7. The number of rotatable bonds is 5. The molecule has 0 fully saturated rings. The predicted molar refractivity (Wildman–Crippen MR) is 68.6 cm³/mol. The van der Waals surface area contributed by atoms with E-state index in [1.54, 1.807) is 7.11 Å². The van der Waals surface area contributed by atoms with Crippen LogP contribution in [-0.2, 0) is 6.54 Å². The van der Waals surface area contributed by atoms with Gasteiger partial charge in [-0.1, -0.05) is 11.2 Å². The summed E-state index contributed by atoms with van der Waals surface area (Å²) in [4.78, 5) is 12.6. The van der Waals surface area contributed by atoms with Gasteiger partial charge in [0.25, 0.3) is 0 Å².